The van der Waals surface area contributed by atoms with Crippen LogP contribution in [0.1, 0.15) is 34.8 Å². The number of carbonyl (C=O) groups is 2. The van der Waals surface area contributed by atoms with Crippen molar-refractivity contribution in [1.82, 2.24) is 5.32 Å². The van der Waals surface area contributed by atoms with Crippen LogP contribution < -0.4 is 10.5 Å². The number of amides is 1. The van der Waals surface area contributed by atoms with Gasteiger partial charge in [-0.05, 0) is 43.0 Å². The predicted molar refractivity (Wildman–Crippen MR) is 81.0 cm³/mol. The predicted octanol–water partition coefficient (Wildman–Crippen LogP) is 0.791. The standard InChI is InChI=1S/C14H20N2O5S/c1-8(4-13(17)18)7-16-14(19)11-5-9(2)10(3)12(6-11)22(15,20)21/h5-6,8H,4,7H2,1-3H3,(H,16,19)(H,17,18)(H2,15,20,21). The van der Waals surface area contributed by atoms with E-state index in [1.807, 2.05) is 0 Å². The van der Waals surface area contributed by atoms with Gasteiger partial charge in [0.2, 0.25) is 10.0 Å². The molecule has 0 aromatic heterocycles. The monoisotopic (exact) mass is 328 g/mol. The van der Waals surface area contributed by atoms with Gasteiger partial charge >= 0.3 is 5.97 Å². The molecule has 1 atom stereocenters. The normalized spacial score (nSPS) is 12.7. The number of carboxylic acids is 1. The van der Waals surface area contributed by atoms with Crippen LogP contribution in [0.2, 0.25) is 0 Å². The largest absolute Gasteiger partial charge is 0.481 e. The summed E-state index contributed by atoms with van der Waals surface area (Å²) in [5.41, 5.74) is 1.31. The highest BCUT2D eigenvalue weighted by atomic mass is 32.2. The van der Waals surface area contributed by atoms with Crippen LogP contribution in [0.5, 0.6) is 0 Å². The molecule has 0 saturated carbocycles. The number of aryl methyl sites for hydroxylation is 1. The van der Waals surface area contributed by atoms with Crippen molar-refractivity contribution in [3.63, 3.8) is 0 Å². The topological polar surface area (TPSA) is 127 Å². The van der Waals surface area contributed by atoms with E-state index in [9.17, 15) is 18.0 Å². The molecule has 1 aromatic carbocycles. The van der Waals surface area contributed by atoms with Crippen molar-refractivity contribution in [2.24, 2.45) is 11.1 Å². The van der Waals surface area contributed by atoms with E-state index in [0.29, 0.717) is 11.1 Å². The van der Waals surface area contributed by atoms with Gasteiger partial charge < -0.3 is 10.4 Å². The highest BCUT2D eigenvalue weighted by Crippen LogP contribution is 2.20. The first-order valence-electron chi connectivity index (χ1n) is 6.66. The van der Waals surface area contributed by atoms with Crippen molar-refractivity contribution in [2.45, 2.75) is 32.1 Å². The molecule has 7 nitrogen and oxygen atoms in total. The Morgan fingerprint density at radius 3 is 2.41 bits per heavy atom. The van der Waals surface area contributed by atoms with E-state index in [1.54, 1.807) is 26.8 Å². The minimum Gasteiger partial charge on any atom is -0.481 e. The van der Waals surface area contributed by atoms with Crippen LogP contribution in [0.15, 0.2) is 17.0 Å². The fraction of sp³-hybridized carbons (Fsp3) is 0.429. The molecule has 0 heterocycles. The third-order valence-electron chi connectivity index (χ3n) is 3.32. The van der Waals surface area contributed by atoms with Gasteiger partial charge in [-0.25, -0.2) is 13.6 Å². The zero-order valence-corrected chi connectivity index (χ0v) is 13.5. The lowest BCUT2D eigenvalue weighted by Gasteiger charge is -2.13. The maximum Gasteiger partial charge on any atom is 0.303 e. The van der Waals surface area contributed by atoms with Crippen molar-refractivity contribution in [1.29, 1.82) is 0 Å². The Bertz CT molecular complexity index is 697. The van der Waals surface area contributed by atoms with Crippen LogP contribution in [0.4, 0.5) is 0 Å². The molecule has 0 aliphatic rings. The van der Waals surface area contributed by atoms with Gasteiger partial charge in [0, 0.05) is 18.5 Å². The number of benzene rings is 1. The summed E-state index contributed by atoms with van der Waals surface area (Å²) >= 11 is 0. The minimum atomic E-state index is -3.92. The van der Waals surface area contributed by atoms with E-state index in [4.69, 9.17) is 10.2 Å². The summed E-state index contributed by atoms with van der Waals surface area (Å²) in [6, 6.07) is 2.80. The van der Waals surface area contributed by atoms with Crippen LogP contribution in [-0.4, -0.2) is 31.9 Å². The Morgan fingerprint density at radius 2 is 1.91 bits per heavy atom. The quantitative estimate of drug-likeness (QED) is 0.711. The summed E-state index contributed by atoms with van der Waals surface area (Å²) in [5, 5.41) is 16.4. The Hall–Kier alpha value is -1.93. The molecular formula is C14H20N2O5S. The maximum absolute atomic E-state index is 12.1. The van der Waals surface area contributed by atoms with Crippen molar-refractivity contribution in [3.05, 3.63) is 28.8 Å². The molecule has 0 radical (unpaired) electrons. The van der Waals surface area contributed by atoms with Crippen molar-refractivity contribution in [2.75, 3.05) is 6.54 Å². The Balaban J connectivity index is 2.96. The first-order chi connectivity index (χ1) is 10.0. The third kappa shape index (κ3) is 4.81. The number of hydrogen-bond acceptors (Lipinski definition) is 4. The average Bonchev–Trinajstić information content (AvgIpc) is 2.36. The highest BCUT2D eigenvalue weighted by Gasteiger charge is 2.18. The SMILES string of the molecule is Cc1cc(C(=O)NCC(C)CC(=O)O)cc(S(N)(=O)=O)c1C. The van der Waals surface area contributed by atoms with E-state index in [-0.39, 0.29) is 29.3 Å². The number of carbonyl (C=O) groups excluding carboxylic acids is 1. The zero-order valence-electron chi connectivity index (χ0n) is 12.7. The summed E-state index contributed by atoms with van der Waals surface area (Å²) in [6.07, 6.45) is -0.0599. The summed E-state index contributed by atoms with van der Waals surface area (Å²) in [7, 11) is -3.92. The van der Waals surface area contributed by atoms with Gasteiger partial charge in [0.25, 0.3) is 5.91 Å². The maximum atomic E-state index is 12.1. The van der Waals surface area contributed by atoms with Crippen LogP contribution in [0.25, 0.3) is 0 Å². The lowest BCUT2D eigenvalue weighted by atomic mass is 10.0. The Kier molecular flexibility index (Phi) is 5.67. The lowest BCUT2D eigenvalue weighted by molar-refractivity contribution is -0.137. The smallest absolute Gasteiger partial charge is 0.303 e. The molecule has 0 bridgehead atoms. The number of carboxylic acid groups (broad SMARTS) is 1. The molecule has 1 aromatic rings. The van der Waals surface area contributed by atoms with Crippen LogP contribution in [0.3, 0.4) is 0 Å². The highest BCUT2D eigenvalue weighted by molar-refractivity contribution is 7.89. The lowest BCUT2D eigenvalue weighted by Crippen LogP contribution is -2.29. The van der Waals surface area contributed by atoms with Gasteiger partial charge in [-0.3, -0.25) is 9.59 Å². The number of nitrogens with two attached hydrogens (primary N) is 1. The minimum absolute atomic E-state index is 0.0599. The van der Waals surface area contributed by atoms with Gasteiger partial charge in [-0.2, -0.15) is 0 Å². The molecule has 1 unspecified atom stereocenters. The number of aliphatic carboxylic acids is 1. The molecule has 0 fully saturated rings. The number of rotatable bonds is 6. The molecular weight excluding hydrogens is 308 g/mol. The number of sulfonamides is 1. The molecule has 4 N–H and O–H groups in total. The average molecular weight is 328 g/mol. The number of hydrogen-bond donors (Lipinski definition) is 3. The van der Waals surface area contributed by atoms with Crippen molar-refractivity contribution >= 4 is 21.9 Å². The molecule has 1 amide bonds. The molecule has 0 spiro atoms. The Morgan fingerprint density at radius 1 is 1.32 bits per heavy atom. The molecule has 0 saturated heterocycles. The van der Waals surface area contributed by atoms with Crippen LogP contribution in [-0.2, 0) is 14.8 Å². The second-order valence-electron chi connectivity index (χ2n) is 5.37. The second-order valence-corrected chi connectivity index (χ2v) is 6.90. The number of nitrogens with one attached hydrogen (secondary N) is 1. The molecule has 8 heteroatoms. The van der Waals surface area contributed by atoms with E-state index in [1.165, 1.54) is 6.07 Å². The van der Waals surface area contributed by atoms with Crippen LogP contribution in [0, 0.1) is 19.8 Å². The second kappa shape index (κ2) is 6.89. The first kappa shape index (κ1) is 18.1. The summed E-state index contributed by atoms with van der Waals surface area (Å²) in [4.78, 5) is 22.6. The van der Waals surface area contributed by atoms with Gasteiger partial charge in [-0.15, -0.1) is 0 Å². The van der Waals surface area contributed by atoms with Gasteiger partial charge in [0.15, 0.2) is 0 Å². The fourth-order valence-corrected chi connectivity index (χ4v) is 2.87. The van der Waals surface area contributed by atoms with Gasteiger partial charge in [0.05, 0.1) is 4.90 Å². The third-order valence-corrected chi connectivity index (χ3v) is 4.36. The summed E-state index contributed by atoms with van der Waals surface area (Å²) < 4.78 is 23.1. The zero-order chi connectivity index (χ0) is 17.1. The molecule has 0 aliphatic heterocycles. The molecule has 22 heavy (non-hydrogen) atoms. The van der Waals surface area contributed by atoms with E-state index in [0.717, 1.165) is 0 Å². The molecule has 122 valence electrons. The van der Waals surface area contributed by atoms with Crippen molar-refractivity contribution < 1.29 is 23.1 Å². The first-order valence-corrected chi connectivity index (χ1v) is 8.21. The summed E-state index contributed by atoms with van der Waals surface area (Å²) in [5.74, 6) is -1.64. The molecule has 1 rings (SSSR count). The van der Waals surface area contributed by atoms with Gasteiger partial charge in [-0.1, -0.05) is 6.92 Å². The van der Waals surface area contributed by atoms with E-state index in [2.05, 4.69) is 5.32 Å². The van der Waals surface area contributed by atoms with Crippen LogP contribution >= 0.6 is 0 Å². The van der Waals surface area contributed by atoms with E-state index >= 15 is 0 Å². The Labute approximate surface area is 129 Å². The van der Waals surface area contributed by atoms with Crippen molar-refractivity contribution in [3.8, 4) is 0 Å². The number of primary sulfonamides is 1. The van der Waals surface area contributed by atoms with Gasteiger partial charge in [0.1, 0.15) is 0 Å². The fourth-order valence-electron chi connectivity index (χ4n) is 1.99. The summed E-state index contributed by atoms with van der Waals surface area (Å²) in [6.45, 7) is 5.19. The molecule has 0 aliphatic carbocycles. The van der Waals surface area contributed by atoms with E-state index < -0.39 is 21.9 Å².